The number of sulfonamides is 1. The Hall–Kier alpha value is -1.64. The van der Waals surface area contributed by atoms with Crippen molar-refractivity contribution in [3.05, 3.63) is 29.8 Å². The van der Waals surface area contributed by atoms with Crippen molar-refractivity contribution < 1.29 is 22.7 Å². The van der Waals surface area contributed by atoms with Crippen LogP contribution in [0.2, 0.25) is 0 Å². The van der Waals surface area contributed by atoms with Crippen molar-refractivity contribution in [2.75, 3.05) is 39.7 Å². The Morgan fingerprint density at radius 1 is 1.38 bits per heavy atom. The van der Waals surface area contributed by atoms with Crippen LogP contribution < -0.4 is 10.1 Å². The van der Waals surface area contributed by atoms with E-state index in [-0.39, 0.29) is 23.6 Å². The van der Waals surface area contributed by atoms with Crippen molar-refractivity contribution in [2.24, 2.45) is 5.92 Å². The Bertz CT molecular complexity index is 675. The Labute approximate surface area is 143 Å². The van der Waals surface area contributed by atoms with E-state index >= 15 is 0 Å². The number of rotatable bonds is 7. The first kappa shape index (κ1) is 18.7. The van der Waals surface area contributed by atoms with E-state index < -0.39 is 10.0 Å². The maximum Gasteiger partial charge on any atom is 0.251 e. The molecule has 0 unspecified atom stereocenters. The molecule has 2 atom stereocenters. The number of benzene rings is 1. The van der Waals surface area contributed by atoms with E-state index in [4.69, 9.17) is 9.47 Å². The van der Waals surface area contributed by atoms with Crippen molar-refractivity contribution in [1.82, 2.24) is 9.62 Å². The van der Waals surface area contributed by atoms with Crippen molar-refractivity contribution >= 4 is 15.9 Å². The minimum atomic E-state index is -3.35. The van der Waals surface area contributed by atoms with Gasteiger partial charge in [0.15, 0.2) is 0 Å². The molecule has 0 aliphatic carbocycles. The van der Waals surface area contributed by atoms with Crippen LogP contribution in [0.25, 0.3) is 0 Å². The Kier molecular flexibility index (Phi) is 6.20. The third-order valence-corrected chi connectivity index (χ3v) is 5.87. The van der Waals surface area contributed by atoms with Crippen molar-refractivity contribution in [3.63, 3.8) is 0 Å². The summed E-state index contributed by atoms with van der Waals surface area (Å²) < 4.78 is 36.0. The Morgan fingerprint density at radius 3 is 2.79 bits per heavy atom. The van der Waals surface area contributed by atoms with Crippen molar-refractivity contribution in [1.29, 1.82) is 0 Å². The number of hydrogen-bond acceptors (Lipinski definition) is 5. The van der Waals surface area contributed by atoms with Crippen LogP contribution in [-0.4, -0.2) is 64.3 Å². The summed E-state index contributed by atoms with van der Waals surface area (Å²) in [6.07, 6.45) is 0. The molecule has 7 nitrogen and oxygen atoms in total. The van der Waals surface area contributed by atoms with Gasteiger partial charge in [0.2, 0.25) is 10.0 Å². The van der Waals surface area contributed by atoms with E-state index in [0.29, 0.717) is 31.1 Å². The predicted octanol–water partition coefficient (Wildman–Crippen LogP) is 0.722. The van der Waals surface area contributed by atoms with Crippen LogP contribution in [0.3, 0.4) is 0 Å². The number of hydrogen-bond donors (Lipinski definition) is 1. The average molecular weight is 356 g/mol. The molecule has 24 heavy (non-hydrogen) atoms. The quantitative estimate of drug-likeness (QED) is 0.778. The molecule has 134 valence electrons. The molecule has 0 spiro atoms. The zero-order chi connectivity index (χ0) is 17.7. The fourth-order valence-corrected chi connectivity index (χ4v) is 3.66. The highest BCUT2D eigenvalue weighted by molar-refractivity contribution is 7.89. The molecule has 8 heteroatoms. The molecule has 1 aliphatic heterocycles. The van der Waals surface area contributed by atoms with Gasteiger partial charge in [0.25, 0.3) is 5.91 Å². The van der Waals surface area contributed by atoms with Gasteiger partial charge >= 0.3 is 0 Å². The summed E-state index contributed by atoms with van der Waals surface area (Å²) >= 11 is 0. The zero-order valence-electron chi connectivity index (χ0n) is 14.2. The first-order valence-corrected chi connectivity index (χ1v) is 9.46. The molecule has 2 rings (SSSR count). The predicted molar refractivity (Wildman–Crippen MR) is 90.6 cm³/mol. The maximum absolute atomic E-state index is 12.4. The van der Waals surface area contributed by atoms with Gasteiger partial charge in [-0.25, -0.2) is 12.7 Å². The molecular formula is C16H24N2O5S. The summed E-state index contributed by atoms with van der Waals surface area (Å²) in [5, 5.41) is 2.87. The van der Waals surface area contributed by atoms with E-state index in [1.807, 2.05) is 6.92 Å². The topological polar surface area (TPSA) is 84.9 Å². The fraction of sp³-hybridized carbons (Fsp3) is 0.562. The molecule has 1 aromatic rings. The molecule has 0 bridgehead atoms. The van der Waals surface area contributed by atoms with Gasteiger partial charge in [-0.15, -0.1) is 0 Å². The van der Waals surface area contributed by atoms with Gasteiger partial charge in [-0.3, -0.25) is 4.79 Å². The standard InChI is InChI=1S/C16H24N2O5S/c1-4-23-14-7-5-6-12(8-14)16(19)17-15-10-22-9-13(15)11-24(20,21)18(2)3/h5-8,13,15H,4,9-11H2,1-3H3,(H,17,19)/t13-,15+/m0/s1. The monoisotopic (exact) mass is 356 g/mol. The molecule has 1 amide bonds. The average Bonchev–Trinajstić information content (AvgIpc) is 2.94. The highest BCUT2D eigenvalue weighted by Gasteiger charge is 2.34. The SMILES string of the molecule is CCOc1cccc(C(=O)N[C@@H]2COC[C@H]2CS(=O)(=O)N(C)C)c1. The molecule has 1 fully saturated rings. The van der Waals surface area contributed by atoms with Crippen molar-refractivity contribution in [3.8, 4) is 5.75 Å². The van der Waals surface area contributed by atoms with E-state index in [1.165, 1.54) is 18.4 Å². The summed E-state index contributed by atoms with van der Waals surface area (Å²) in [6, 6.07) is 6.56. The maximum atomic E-state index is 12.4. The number of nitrogens with zero attached hydrogens (tertiary/aromatic N) is 1. The van der Waals surface area contributed by atoms with Gasteiger partial charge in [-0.2, -0.15) is 0 Å². The van der Waals surface area contributed by atoms with Gasteiger partial charge in [-0.05, 0) is 25.1 Å². The highest BCUT2D eigenvalue weighted by Crippen LogP contribution is 2.19. The van der Waals surface area contributed by atoms with Gasteiger partial charge in [0, 0.05) is 25.6 Å². The van der Waals surface area contributed by atoms with Gasteiger partial charge in [0.1, 0.15) is 5.75 Å². The van der Waals surface area contributed by atoms with E-state index in [1.54, 1.807) is 24.3 Å². The number of ether oxygens (including phenoxy) is 2. The van der Waals surface area contributed by atoms with E-state index in [2.05, 4.69) is 5.32 Å². The molecule has 0 aromatic heterocycles. The Balaban J connectivity index is 2.03. The second-order valence-electron chi connectivity index (χ2n) is 5.90. The zero-order valence-corrected chi connectivity index (χ0v) is 15.0. The number of amides is 1. The molecule has 0 radical (unpaired) electrons. The number of nitrogens with one attached hydrogen (secondary N) is 1. The molecule has 0 saturated carbocycles. The van der Waals surface area contributed by atoms with Gasteiger partial charge in [0.05, 0.1) is 31.6 Å². The lowest BCUT2D eigenvalue weighted by Gasteiger charge is -2.21. The number of carbonyl (C=O) groups excluding carboxylic acids is 1. The summed E-state index contributed by atoms with van der Waals surface area (Å²) in [5.41, 5.74) is 0.474. The van der Waals surface area contributed by atoms with Gasteiger partial charge < -0.3 is 14.8 Å². The van der Waals surface area contributed by atoms with Crippen LogP contribution in [0.15, 0.2) is 24.3 Å². The van der Waals surface area contributed by atoms with Crippen LogP contribution in [-0.2, 0) is 14.8 Å². The molecule has 1 aromatic carbocycles. The lowest BCUT2D eigenvalue weighted by molar-refractivity contribution is 0.0925. The summed E-state index contributed by atoms with van der Waals surface area (Å²) in [7, 11) is -0.351. The van der Waals surface area contributed by atoms with Crippen LogP contribution in [0.1, 0.15) is 17.3 Å². The smallest absolute Gasteiger partial charge is 0.251 e. The third-order valence-electron chi connectivity index (χ3n) is 3.90. The molecule has 1 N–H and O–H groups in total. The minimum absolute atomic E-state index is 0.0517. The van der Waals surface area contributed by atoms with Crippen LogP contribution in [0, 0.1) is 5.92 Å². The summed E-state index contributed by atoms with van der Waals surface area (Å²) in [6.45, 7) is 3.02. The fourth-order valence-electron chi connectivity index (χ4n) is 2.49. The van der Waals surface area contributed by atoms with E-state index in [9.17, 15) is 13.2 Å². The first-order valence-electron chi connectivity index (χ1n) is 7.85. The third kappa shape index (κ3) is 4.68. The largest absolute Gasteiger partial charge is 0.494 e. The lowest BCUT2D eigenvalue weighted by Crippen LogP contribution is -2.43. The normalized spacial score (nSPS) is 21.0. The van der Waals surface area contributed by atoms with Crippen molar-refractivity contribution in [2.45, 2.75) is 13.0 Å². The van der Waals surface area contributed by atoms with Crippen LogP contribution in [0.5, 0.6) is 5.75 Å². The minimum Gasteiger partial charge on any atom is -0.494 e. The second-order valence-corrected chi connectivity index (χ2v) is 8.13. The first-order chi connectivity index (χ1) is 11.3. The molecular weight excluding hydrogens is 332 g/mol. The highest BCUT2D eigenvalue weighted by atomic mass is 32.2. The summed E-state index contributed by atoms with van der Waals surface area (Å²) in [4.78, 5) is 12.4. The Morgan fingerprint density at radius 2 is 2.12 bits per heavy atom. The van der Waals surface area contributed by atoms with Crippen LogP contribution in [0.4, 0.5) is 0 Å². The summed E-state index contributed by atoms with van der Waals surface area (Å²) in [5.74, 6) is 0.0412. The molecule has 1 saturated heterocycles. The molecule has 1 aliphatic rings. The van der Waals surface area contributed by atoms with E-state index in [0.717, 1.165) is 0 Å². The molecule has 1 heterocycles. The van der Waals surface area contributed by atoms with Gasteiger partial charge in [-0.1, -0.05) is 6.07 Å². The lowest BCUT2D eigenvalue weighted by atomic mass is 10.1. The second kappa shape index (κ2) is 7.96. The number of carbonyl (C=O) groups is 1. The van der Waals surface area contributed by atoms with Crippen LogP contribution >= 0.6 is 0 Å².